The van der Waals surface area contributed by atoms with Gasteiger partial charge >= 0.3 is 0 Å². The van der Waals surface area contributed by atoms with Crippen LogP contribution in [0.15, 0.2) is 47.8 Å². The van der Waals surface area contributed by atoms with Crippen molar-refractivity contribution >= 4 is 10.9 Å². The number of para-hydroxylation sites is 1. The second kappa shape index (κ2) is 12.7. The number of rotatable bonds is 3. The van der Waals surface area contributed by atoms with Gasteiger partial charge in [-0.3, -0.25) is 0 Å². The fourth-order valence-corrected chi connectivity index (χ4v) is 4.38. The third kappa shape index (κ3) is 5.24. The molecule has 1 unspecified atom stereocenters. The van der Waals surface area contributed by atoms with Crippen molar-refractivity contribution in [1.29, 1.82) is 0 Å². The minimum Gasteiger partial charge on any atom is -0.337 e. The van der Waals surface area contributed by atoms with Crippen LogP contribution in [0.4, 0.5) is 4.39 Å². The summed E-state index contributed by atoms with van der Waals surface area (Å²) in [7, 11) is 1.50. The molecular formula is C27H43FN2. The van der Waals surface area contributed by atoms with Crippen molar-refractivity contribution in [3.8, 4) is 0 Å². The lowest BCUT2D eigenvalue weighted by atomic mass is 9.77. The lowest BCUT2D eigenvalue weighted by Gasteiger charge is -2.29. The van der Waals surface area contributed by atoms with E-state index in [1.165, 1.54) is 42.9 Å². The molecular weight excluding hydrogens is 371 g/mol. The van der Waals surface area contributed by atoms with Gasteiger partial charge in [0.25, 0.3) is 0 Å². The third-order valence-electron chi connectivity index (χ3n) is 5.74. The molecule has 2 N–H and O–H groups in total. The van der Waals surface area contributed by atoms with E-state index in [1.807, 2.05) is 34.6 Å². The van der Waals surface area contributed by atoms with Gasteiger partial charge in [0.1, 0.15) is 5.83 Å². The van der Waals surface area contributed by atoms with Crippen molar-refractivity contribution in [2.24, 2.45) is 5.73 Å². The lowest BCUT2D eigenvalue weighted by molar-refractivity contribution is 0.414. The van der Waals surface area contributed by atoms with Gasteiger partial charge in [-0.2, -0.15) is 0 Å². The molecule has 0 aliphatic heterocycles. The largest absolute Gasteiger partial charge is 0.337 e. The van der Waals surface area contributed by atoms with Crippen LogP contribution in [0, 0.1) is 0 Å². The maximum Gasteiger partial charge on any atom is 0.121 e. The van der Waals surface area contributed by atoms with Crippen LogP contribution in [0.3, 0.4) is 0 Å². The summed E-state index contributed by atoms with van der Waals surface area (Å²) in [6.07, 6.45) is 8.56. The number of halogens is 1. The summed E-state index contributed by atoms with van der Waals surface area (Å²) in [6, 6.07) is 9.02. The third-order valence-corrected chi connectivity index (χ3v) is 5.74. The van der Waals surface area contributed by atoms with Crippen molar-refractivity contribution in [2.75, 3.05) is 7.05 Å². The number of hydrogen-bond acceptors (Lipinski definition) is 1. The quantitative estimate of drug-likeness (QED) is 0.537. The Labute approximate surface area is 184 Å². The molecule has 0 spiro atoms. The molecule has 1 aromatic heterocycles. The predicted molar refractivity (Wildman–Crippen MR) is 132 cm³/mol. The Morgan fingerprint density at radius 2 is 1.63 bits per heavy atom. The highest BCUT2D eigenvalue weighted by Crippen LogP contribution is 2.46. The number of benzene rings is 1. The van der Waals surface area contributed by atoms with Crippen molar-refractivity contribution in [3.63, 3.8) is 0 Å². The van der Waals surface area contributed by atoms with Crippen LogP contribution in [0.1, 0.15) is 103 Å². The normalized spacial score (nSPS) is 18.0. The van der Waals surface area contributed by atoms with Gasteiger partial charge in [-0.15, -0.1) is 0 Å². The highest BCUT2D eigenvalue weighted by molar-refractivity contribution is 5.87. The van der Waals surface area contributed by atoms with E-state index >= 15 is 0 Å². The number of nitrogens with two attached hydrogens (primary N) is 1. The average Bonchev–Trinajstić information content (AvgIpc) is 3.09. The van der Waals surface area contributed by atoms with E-state index in [2.05, 4.69) is 54.5 Å². The fourth-order valence-electron chi connectivity index (χ4n) is 4.38. The number of allylic oxidation sites excluding steroid dienone is 4. The zero-order valence-corrected chi connectivity index (χ0v) is 20.4. The topological polar surface area (TPSA) is 30.9 Å². The Bertz CT molecular complexity index is 838. The molecule has 1 aromatic carbocycles. The first-order valence-corrected chi connectivity index (χ1v) is 11.8. The molecule has 2 nitrogen and oxygen atoms in total. The Morgan fingerprint density at radius 1 is 1.03 bits per heavy atom. The highest BCUT2D eigenvalue weighted by atomic mass is 19.1. The smallest absolute Gasteiger partial charge is 0.121 e. The fraction of sp³-hybridized carbons (Fsp3) is 0.556. The Balaban J connectivity index is 0.000000691. The molecule has 2 aliphatic rings. The first-order chi connectivity index (χ1) is 14.6. The Kier molecular flexibility index (Phi) is 11.1. The SMILES string of the molecule is CC.CC.CC1=CC(n2c(C(C)C)c(C3CCC3)c3ccccc32)CC=C1F.CN. The van der Waals surface area contributed by atoms with E-state index in [1.54, 1.807) is 11.6 Å². The second-order valence-corrected chi connectivity index (χ2v) is 7.67. The number of aromatic nitrogens is 1. The van der Waals surface area contributed by atoms with E-state index in [4.69, 9.17) is 0 Å². The maximum absolute atomic E-state index is 13.8. The first-order valence-electron chi connectivity index (χ1n) is 11.8. The summed E-state index contributed by atoms with van der Waals surface area (Å²) in [6.45, 7) is 14.5. The summed E-state index contributed by atoms with van der Waals surface area (Å²) in [5, 5.41) is 1.41. The molecule has 4 rings (SSSR count). The van der Waals surface area contributed by atoms with Gasteiger partial charge in [0, 0.05) is 16.6 Å². The minimum atomic E-state index is -0.0620. The molecule has 1 fully saturated rings. The number of hydrogen-bond donors (Lipinski definition) is 1. The molecule has 3 heteroatoms. The molecule has 0 bridgehead atoms. The monoisotopic (exact) mass is 414 g/mol. The highest BCUT2D eigenvalue weighted by Gasteiger charge is 2.31. The second-order valence-electron chi connectivity index (χ2n) is 7.67. The van der Waals surface area contributed by atoms with Gasteiger partial charge in [0.05, 0.1) is 6.04 Å². The zero-order valence-electron chi connectivity index (χ0n) is 20.4. The summed E-state index contributed by atoms with van der Waals surface area (Å²) in [4.78, 5) is 0. The van der Waals surface area contributed by atoms with Gasteiger partial charge in [-0.25, -0.2) is 4.39 Å². The van der Waals surface area contributed by atoms with Crippen LogP contribution in [0.5, 0.6) is 0 Å². The average molecular weight is 415 g/mol. The lowest BCUT2D eigenvalue weighted by Crippen LogP contribution is -2.16. The molecule has 0 amide bonds. The van der Waals surface area contributed by atoms with E-state index in [0.29, 0.717) is 11.8 Å². The van der Waals surface area contributed by atoms with Crippen molar-refractivity contribution in [2.45, 2.75) is 92.0 Å². The number of fused-ring (bicyclic) bond motifs is 1. The zero-order chi connectivity index (χ0) is 22.8. The van der Waals surface area contributed by atoms with Gasteiger partial charge in [-0.05, 0) is 68.3 Å². The Morgan fingerprint density at radius 3 is 2.13 bits per heavy atom. The van der Waals surface area contributed by atoms with Gasteiger partial charge < -0.3 is 10.3 Å². The predicted octanol–water partition coefficient (Wildman–Crippen LogP) is 8.40. The molecule has 1 saturated carbocycles. The molecule has 2 aromatic rings. The van der Waals surface area contributed by atoms with Crippen LogP contribution in [0.2, 0.25) is 0 Å². The summed E-state index contributed by atoms with van der Waals surface area (Å²) in [5.74, 6) is 1.11. The van der Waals surface area contributed by atoms with Crippen LogP contribution in [-0.2, 0) is 0 Å². The van der Waals surface area contributed by atoms with Crippen molar-refractivity contribution < 1.29 is 4.39 Å². The molecule has 0 radical (unpaired) electrons. The summed E-state index contributed by atoms with van der Waals surface area (Å²) < 4.78 is 16.3. The van der Waals surface area contributed by atoms with Crippen LogP contribution >= 0.6 is 0 Å². The van der Waals surface area contributed by atoms with Gasteiger partial charge in [0.2, 0.25) is 0 Å². The summed E-state index contributed by atoms with van der Waals surface area (Å²) in [5.41, 5.74) is 9.61. The maximum atomic E-state index is 13.8. The minimum absolute atomic E-state index is 0.0620. The van der Waals surface area contributed by atoms with Gasteiger partial charge in [0.15, 0.2) is 0 Å². The van der Waals surface area contributed by atoms with Gasteiger partial charge in [-0.1, -0.05) is 72.2 Å². The van der Waals surface area contributed by atoms with E-state index in [9.17, 15) is 4.39 Å². The van der Waals surface area contributed by atoms with E-state index in [-0.39, 0.29) is 11.9 Å². The molecule has 1 heterocycles. The molecule has 30 heavy (non-hydrogen) atoms. The van der Waals surface area contributed by atoms with E-state index in [0.717, 1.165) is 12.0 Å². The molecule has 1 atom stereocenters. The molecule has 0 saturated heterocycles. The van der Waals surface area contributed by atoms with Crippen molar-refractivity contribution in [3.05, 3.63) is 59.1 Å². The van der Waals surface area contributed by atoms with Crippen molar-refractivity contribution in [1.82, 2.24) is 4.57 Å². The Hall–Kier alpha value is -1.87. The molecule has 2 aliphatic carbocycles. The summed E-state index contributed by atoms with van der Waals surface area (Å²) >= 11 is 0. The standard InChI is InChI=1S/C22H26FN.2C2H6.CH5N/c1-14(2)22-21(16-7-6-8-16)18-9-4-5-10-20(18)24(22)17-11-12-19(23)15(3)13-17;3*1-2/h4-5,9-10,12-14,16-17H,6-8,11H2,1-3H3;2*1-2H3;2H2,1H3. The van der Waals surface area contributed by atoms with Crippen LogP contribution in [0.25, 0.3) is 10.9 Å². The first kappa shape index (κ1) is 26.2. The molecule has 168 valence electrons. The number of nitrogens with zero attached hydrogens (tertiary/aromatic N) is 1. The van der Waals surface area contributed by atoms with Crippen LogP contribution < -0.4 is 5.73 Å². The van der Waals surface area contributed by atoms with Crippen LogP contribution in [-0.4, -0.2) is 11.6 Å². The van der Waals surface area contributed by atoms with E-state index < -0.39 is 0 Å².